The molecule has 12 heavy (non-hydrogen) atoms. The average molecular weight is 298 g/mol. The predicted octanol–water partition coefficient (Wildman–Crippen LogP) is 5.22. The highest BCUT2D eigenvalue weighted by molar-refractivity contribution is 9.28. The van der Waals surface area contributed by atoms with Crippen LogP contribution in [0.15, 0.2) is 9.47 Å². The van der Waals surface area contributed by atoms with Crippen LogP contribution in [0.1, 0.15) is 46.0 Å². The normalized spacial score (nSPS) is 12.7. The Hall–Kier alpha value is 0.700. The van der Waals surface area contributed by atoms with E-state index in [1.165, 1.54) is 32.1 Å². The Bertz CT molecular complexity index is 126. The van der Waals surface area contributed by atoms with Gasteiger partial charge in [0.25, 0.3) is 0 Å². The maximum Gasteiger partial charge on any atom is 0.0564 e. The Morgan fingerprint density at radius 3 is 2.50 bits per heavy atom. The quantitative estimate of drug-likeness (QED) is 0.589. The second-order valence-electron chi connectivity index (χ2n) is 3.29. The maximum absolute atomic E-state index is 3.35. The summed E-state index contributed by atoms with van der Waals surface area (Å²) in [6.45, 7) is 4.59. The van der Waals surface area contributed by atoms with Crippen LogP contribution in [0.3, 0.4) is 0 Å². The highest BCUT2D eigenvalue weighted by atomic mass is 79.9. The molecule has 0 aromatic heterocycles. The largest absolute Gasteiger partial charge is 0.0651 e. The fourth-order valence-electron chi connectivity index (χ4n) is 1.05. The van der Waals surface area contributed by atoms with Gasteiger partial charge in [0.15, 0.2) is 0 Å². The summed E-state index contributed by atoms with van der Waals surface area (Å²) in [6, 6.07) is 0. The van der Waals surface area contributed by atoms with Gasteiger partial charge in [0.1, 0.15) is 0 Å². The van der Waals surface area contributed by atoms with Gasteiger partial charge in [-0.2, -0.15) is 0 Å². The van der Waals surface area contributed by atoms with Gasteiger partial charge in [0.05, 0.1) is 3.39 Å². The Morgan fingerprint density at radius 1 is 1.33 bits per heavy atom. The van der Waals surface area contributed by atoms with Gasteiger partial charge in [0, 0.05) is 0 Å². The van der Waals surface area contributed by atoms with Gasteiger partial charge in [-0.25, -0.2) is 0 Å². The Balaban J connectivity index is 3.16. The first-order valence-electron chi connectivity index (χ1n) is 4.68. The van der Waals surface area contributed by atoms with Crippen molar-refractivity contribution in [1.82, 2.24) is 0 Å². The van der Waals surface area contributed by atoms with Gasteiger partial charge in [-0.3, -0.25) is 0 Å². The highest BCUT2D eigenvalue weighted by Crippen LogP contribution is 2.16. The molecule has 0 spiro atoms. The van der Waals surface area contributed by atoms with Crippen molar-refractivity contribution in [3.8, 4) is 0 Å². The number of hydrogen-bond donors (Lipinski definition) is 0. The molecule has 1 atom stereocenters. The molecule has 0 heterocycles. The lowest BCUT2D eigenvalue weighted by Crippen LogP contribution is -1.90. The summed E-state index contributed by atoms with van der Waals surface area (Å²) in [5, 5.41) is 0. The molecule has 0 fully saturated rings. The van der Waals surface area contributed by atoms with Crippen molar-refractivity contribution < 1.29 is 0 Å². The fraction of sp³-hybridized carbons (Fsp3) is 0.800. The lowest BCUT2D eigenvalue weighted by Gasteiger charge is -2.05. The maximum atomic E-state index is 3.35. The van der Waals surface area contributed by atoms with Crippen LogP contribution >= 0.6 is 31.9 Å². The van der Waals surface area contributed by atoms with Crippen LogP contribution in [0, 0.1) is 5.92 Å². The molecule has 0 amide bonds. The van der Waals surface area contributed by atoms with Crippen molar-refractivity contribution in [3.05, 3.63) is 9.47 Å². The number of halogens is 2. The third-order valence-electron chi connectivity index (χ3n) is 2.15. The van der Waals surface area contributed by atoms with Crippen molar-refractivity contribution in [3.63, 3.8) is 0 Å². The molecule has 0 N–H and O–H groups in total. The van der Waals surface area contributed by atoms with E-state index in [4.69, 9.17) is 0 Å². The monoisotopic (exact) mass is 296 g/mol. The predicted molar refractivity (Wildman–Crippen MR) is 63.9 cm³/mol. The molecule has 0 saturated carbocycles. The minimum absolute atomic E-state index is 0.904. The molecule has 0 unspecified atom stereocenters. The summed E-state index contributed by atoms with van der Waals surface area (Å²) in [7, 11) is 0. The Labute approximate surface area is 93.1 Å². The zero-order chi connectivity index (χ0) is 9.40. The third kappa shape index (κ3) is 8.79. The van der Waals surface area contributed by atoms with Crippen molar-refractivity contribution >= 4 is 31.9 Å². The van der Waals surface area contributed by atoms with Crippen molar-refractivity contribution in [2.45, 2.75) is 46.0 Å². The van der Waals surface area contributed by atoms with Gasteiger partial charge >= 0.3 is 0 Å². The summed E-state index contributed by atoms with van der Waals surface area (Å²) in [5.74, 6) is 0.904. The fourth-order valence-corrected chi connectivity index (χ4v) is 1.51. The third-order valence-corrected chi connectivity index (χ3v) is 2.79. The summed E-state index contributed by atoms with van der Waals surface area (Å²) in [4.78, 5) is 0. The van der Waals surface area contributed by atoms with Crippen molar-refractivity contribution in [1.29, 1.82) is 0 Å². The summed E-state index contributed by atoms with van der Waals surface area (Å²) < 4.78 is 1.08. The molecule has 0 bridgehead atoms. The van der Waals surface area contributed by atoms with Crippen LogP contribution in [0.4, 0.5) is 0 Å². The van der Waals surface area contributed by atoms with Gasteiger partial charge in [0.2, 0.25) is 0 Å². The zero-order valence-electron chi connectivity index (χ0n) is 7.95. The molecule has 2 heteroatoms. The van der Waals surface area contributed by atoms with Crippen LogP contribution in [0.5, 0.6) is 0 Å². The average Bonchev–Trinajstić information content (AvgIpc) is 2.03. The Morgan fingerprint density at radius 2 is 2.00 bits per heavy atom. The second-order valence-corrected chi connectivity index (χ2v) is 6.06. The molecular weight excluding hydrogens is 280 g/mol. The van der Waals surface area contributed by atoms with Crippen LogP contribution < -0.4 is 0 Å². The van der Waals surface area contributed by atoms with E-state index in [1.54, 1.807) is 0 Å². The summed E-state index contributed by atoms with van der Waals surface area (Å²) in [6.07, 6.45) is 8.73. The summed E-state index contributed by atoms with van der Waals surface area (Å²) in [5.41, 5.74) is 0. The van der Waals surface area contributed by atoms with Crippen molar-refractivity contribution in [2.75, 3.05) is 0 Å². The van der Waals surface area contributed by atoms with Gasteiger partial charge in [-0.15, -0.1) is 0 Å². The molecule has 0 saturated heterocycles. The van der Waals surface area contributed by atoms with Crippen LogP contribution in [-0.2, 0) is 0 Å². The van der Waals surface area contributed by atoms with E-state index in [9.17, 15) is 0 Å². The van der Waals surface area contributed by atoms with Crippen LogP contribution in [0.25, 0.3) is 0 Å². The SMILES string of the molecule is CC[C@H](C)CCCCC=C(Br)Br. The van der Waals surface area contributed by atoms with E-state index >= 15 is 0 Å². The topological polar surface area (TPSA) is 0 Å². The molecule has 0 radical (unpaired) electrons. The van der Waals surface area contributed by atoms with Gasteiger partial charge in [-0.1, -0.05) is 39.2 Å². The molecule has 0 rings (SSSR count). The van der Waals surface area contributed by atoms with Crippen molar-refractivity contribution in [2.24, 2.45) is 5.92 Å². The number of rotatable bonds is 6. The number of hydrogen-bond acceptors (Lipinski definition) is 0. The minimum atomic E-state index is 0.904. The molecule has 0 aromatic rings. The first kappa shape index (κ1) is 12.7. The van der Waals surface area contributed by atoms with E-state index in [0.717, 1.165) is 9.31 Å². The molecule has 72 valence electrons. The first-order valence-corrected chi connectivity index (χ1v) is 6.26. The van der Waals surface area contributed by atoms with E-state index < -0.39 is 0 Å². The smallest absolute Gasteiger partial charge is 0.0564 e. The molecule has 0 aliphatic heterocycles. The van der Waals surface area contributed by atoms with Gasteiger partial charge < -0.3 is 0 Å². The minimum Gasteiger partial charge on any atom is -0.0651 e. The number of unbranched alkanes of at least 4 members (excludes halogenated alkanes) is 2. The summed E-state index contributed by atoms with van der Waals surface area (Å²) >= 11 is 6.69. The Kier molecular flexibility index (Phi) is 8.79. The van der Waals surface area contributed by atoms with Crippen LogP contribution in [0.2, 0.25) is 0 Å². The second kappa shape index (κ2) is 8.31. The lowest BCUT2D eigenvalue weighted by molar-refractivity contribution is 0.486. The van der Waals surface area contributed by atoms with E-state index in [2.05, 4.69) is 51.8 Å². The van der Waals surface area contributed by atoms with E-state index in [0.29, 0.717) is 0 Å². The first-order chi connectivity index (χ1) is 5.66. The van der Waals surface area contributed by atoms with Crippen LogP contribution in [-0.4, -0.2) is 0 Å². The zero-order valence-corrected chi connectivity index (χ0v) is 11.1. The standard InChI is InChI=1S/C10H18Br2/c1-3-9(2)7-5-4-6-8-10(11)12/h8-9H,3-7H2,1-2H3/t9-/m0/s1. The molecule has 0 aromatic carbocycles. The molecule has 0 aliphatic rings. The number of allylic oxidation sites excluding steroid dienone is 1. The van der Waals surface area contributed by atoms with Gasteiger partial charge in [-0.05, 0) is 50.6 Å². The van der Waals surface area contributed by atoms with E-state index in [-0.39, 0.29) is 0 Å². The molecule has 0 nitrogen and oxygen atoms in total. The van der Waals surface area contributed by atoms with E-state index in [1.807, 2.05) is 0 Å². The molecule has 0 aliphatic carbocycles. The lowest BCUT2D eigenvalue weighted by atomic mass is 10.0. The highest BCUT2D eigenvalue weighted by Gasteiger charge is 1.96. The molecular formula is C10H18Br2.